The van der Waals surface area contributed by atoms with E-state index >= 15 is 0 Å². The zero-order valence-electron chi connectivity index (χ0n) is 50.4. The Balaban J connectivity index is -0.000000661. The van der Waals surface area contributed by atoms with Gasteiger partial charge in [0.2, 0.25) is 31.9 Å². The number of hydrogen-bond acceptors (Lipinski definition) is 14. The standard InChI is InChI=1S/C38H56N4O3.C9H14N2O.C5H13N.C3H5NO.C2HF3O.CH3NO.CH5N.CH4O/c1-7-13-32(3)42(30-43)29-36-31(2)14-11-16-34(36)15-9-8-10-26-45-27-12-21-40(5)24-25-41-22-19-33(20-23-41)35-17-18-37(39-4)38(28-35)44-6;1-10-6-9(11-7-12)8-4-2-3-5-8;1-4-5(2)6-3;1-2-4-3-5;3-2(4,5)1-6;2-1-3;2*1-2/h11,14,16-18,28,30,32-33H,4,7-8,10,12-13,19-27,29H2,1-3,5-6H3;6-8H,1-5H2,(H,11,12);5-6H,4H2,1-3H3;2-3H,1H2,(H,4,5);1H;1H,(H2,2,3);2H2,1H3;2H,1H3/b;9-6+;;;;;;. The number of aryl methyl sites for hydroxylation is 1. The number of likely N-dealkylation sites (N-methyl/N-ethyl adjacent to an activating group) is 1. The Morgan fingerprint density at radius 1 is 0.975 bits per heavy atom. The lowest BCUT2D eigenvalue weighted by atomic mass is 9.89. The fraction of sp³-hybridized carbons (Fsp3) is 0.583. The molecule has 1 saturated carbocycles. The van der Waals surface area contributed by atoms with Gasteiger partial charge in [-0.1, -0.05) is 69.7 Å². The number of piperidine rings is 1. The van der Waals surface area contributed by atoms with Crippen molar-refractivity contribution < 1.29 is 51.7 Å². The maximum Gasteiger partial charge on any atom is 0.446 e. The second kappa shape index (κ2) is 55.6. The number of carbonyl (C=O) groups excluding carboxylic acids is 5. The van der Waals surface area contributed by atoms with Gasteiger partial charge in [-0.15, -0.1) is 0 Å². The number of halogens is 3. The second-order valence-electron chi connectivity index (χ2n) is 18.3. The predicted molar refractivity (Wildman–Crippen MR) is 324 cm³/mol. The van der Waals surface area contributed by atoms with Crippen LogP contribution in [-0.4, -0.2) is 165 Å². The Labute approximate surface area is 483 Å². The Morgan fingerprint density at radius 3 is 2.06 bits per heavy atom. The Kier molecular flexibility index (Phi) is 55.8. The molecular formula is C60H101F3N10O8. The minimum Gasteiger partial charge on any atom is -0.494 e. The van der Waals surface area contributed by atoms with Crippen molar-refractivity contribution in [2.45, 2.75) is 142 Å². The first-order valence-corrected chi connectivity index (χ1v) is 27.4. The van der Waals surface area contributed by atoms with Crippen LogP contribution < -0.4 is 32.2 Å². The average molecular weight is 1150 g/mol. The summed E-state index contributed by atoms with van der Waals surface area (Å²) in [6, 6.07) is 13.5. The first-order chi connectivity index (χ1) is 39.0. The molecule has 1 aliphatic heterocycles. The van der Waals surface area contributed by atoms with E-state index in [0.717, 1.165) is 133 Å². The molecule has 2 aromatic carbocycles. The van der Waals surface area contributed by atoms with Crippen LogP contribution in [0.2, 0.25) is 0 Å². The molecule has 1 aliphatic carbocycles. The molecule has 2 unspecified atom stereocenters. The number of likely N-dealkylation sites (tertiary alicyclic amines) is 1. The number of carbonyl (C=O) groups is 5. The Morgan fingerprint density at radius 2 is 1.59 bits per heavy atom. The van der Waals surface area contributed by atoms with Crippen molar-refractivity contribution in [2.75, 3.05) is 81.3 Å². The maximum absolute atomic E-state index is 11.7. The molecule has 1 saturated heterocycles. The van der Waals surface area contributed by atoms with Gasteiger partial charge in [-0.05, 0) is 167 Å². The summed E-state index contributed by atoms with van der Waals surface area (Å²) in [5, 5.41) is 15.0. The highest BCUT2D eigenvalue weighted by Crippen LogP contribution is 2.35. The van der Waals surface area contributed by atoms with E-state index in [1.54, 1.807) is 13.3 Å². The van der Waals surface area contributed by atoms with Crippen LogP contribution in [0.1, 0.15) is 133 Å². The third-order valence-corrected chi connectivity index (χ3v) is 12.7. The van der Waals surface area contributed by atoms with Gasteiger partial charge in [0.15, 0.2) is 0 Å². The molecule has 4 amide bonds. The predicted octanol–water partition coefficient (Wildman–Crippen LogP) is 8.21. The van der Waals surface area contributed by atoms with E-state index in [1.807, 2.05) is 24.1 Å². The number of aldehydes is 1. The van der Waals surface area contributed by atoms with E-state index in [0.29, 0.717) is 37.2 Å². The minimum atomic E-state index is -4.64. The van der Waals surface area contributed by atoms with Crippen LogP contribution >= 0.6 is 0 Å². The normalized spacial score (nSPS) is 13.5. The SMILES string of the molecule is C=CNC=O.C=N/C=C(/NC=O)C1CCCC1.C=Nc1ccc(C2CCN(CCN(C)CCCOCCCC#Cc3cccc(C)c3CN(C=O)C(C)CCC)CC2)cc1OC.CCC(C)NC.CN.CO.NC=O.O=CC(F)(F)F. The topological polar surface area (TPSA) is 247 Å². The number of allylic oxidation sites excluding steroid dienone is 1. The Bertz CT molecular complexity index is 2030. The summed E-state index contributed by atoms with van der Waals surface area (Å²) in [5.41, 5.74) is 15.1. The number of alkyl halides is 3. The summed E-state index contributed by atoms with van der Waals surface area (Å²) >= 11 is 0. The molecule has 2 aliphatic rings. The maximum atomic E-state index is 11.7. The van der Waals surface area contributed by atoms with Crippen LogP contribution in [0.5, 0.6) is 5.75 Å². The van der Waals surface area contributed by atoms with E-state index < -0.39 is 12.5 Å². The lowest BCUT2D eigenvalue weighted by Crippen LogP contribution is -2.38. The summed E-state index contributed by atoms with van der Waals surface area (Å²) in [5.74, 6) is 8.57. The number of aliphatic imine (C=N–C) groups is 2. The summed E-state index contributed by atoms with van der Waals surface area (Å²) in [7, 11) is 8.39. The summed E-state index contributed by atoms with van der Waals surface area (Å²) in [6.45, 7) is 28.6. The highest BCUT2D eigenvalue weighted by molar-refractivity contribution is 5.58. The van der Waals surface area contributed by atoms with Gasteiger partial charge in [0.25, 0.3) is 0 Å². The zero-order chi connectivity index (χ0) is 62.3. The highest BCUT2D eigenvalue weighted by atomic mass is 19.4. The van der Waals surface area contributed by atoms with Crippen molar-refractivity contribution >= 4 is 51.0 Å². The van der Waals surface area contributed by atoms with E-state index in [-0.39, 0.29) is 12.5 Å². The monoisotopic (exact) mass is 1150 g/mol. The van der Waals surface area contributed by atoms with Crippen molar-refractivity contribution in [1.82, 2.24) is 30.7 Å². The van der Waals surface area contributed by atoms with Crippen LogP contribution in [-0.2, 0) is 35.3 Å². The van der Waals surface area contributed by atoms with E-state index in [2.05, 4.69) is 145 Å². The van der Waals surface area contributed by atoms with E-state index in [1.165, 1.54) is 56.5 Å². The van der Waals surface area contributed by atoms with E-state index in [9.17, 15) is 27.6 Å². The lowest BCUT2D eigenvalue weighted by Gasteiger charge is -2.33. The molecule has 81 heavy (non-hydrogen) atoms. The molecule has 4 rings (SSSR count). The van der Waals surface area contributed by atoms with Gasteiger partial charge in [0.05, 0.1) is 7.11 Å². The van der Waals surface area contributed by atoms with Crippen LogP contribution in [0.4, 0.5) is 18.9 Å². The smallest absolute Gasteiger partial charge is 0.446 e. The van der Waals surface area contributed by atoms with Gasteiger partial charge in [0.1, 0.15) is 11.4 Å². The number of primary amides is 1. The number of rotatable bonds is 27. The molecular weight excluding hydrogens is 1050 g/mol. The molecule has 8 N–H and O–H groups in total. The molecule has 18 nitrogen and oxygen atoms in total. The number of nitrogens with zero attached hydrogens (tertiary/aromatic N) is 5. The largest absolute Gasteiger partial charge is 0.494 e. The highest BCUT2D eigenvalue weighted by Gasteiger charge is 2.25. The number of benzene rings is 2. The first-order valence-electron chi connectivity index (χ1n) is 27.4. The van der Waals surface area contributed by atoms with Gasteiger partial charge in [-0.2, -0.15) is 13.2 Å². The minimum absolute atomic E-state index is 0.226. The van der Waals surface area contributed by atoms with Crippen molar-refractivity contribution in [3.8, 4) is 17.6 Å². The van der Waals surface area contributed by atoms with Crippen LogP contribution in [0.25, 0.3) is 0 Å². The number of ether oxygens (including phenoxy) is 2. The molecule has 0 radical (unpaired) electrons. The number of unbranched alkanes of at least 4 members (excludes halogenated alkanes) is 1. The number of nitrogens with one attached hydrogen (secondary N) is 3. The number of nitrogens with two attached hydrogens (primary N) is 2. The summed E-state index contributed by atoms with van der Waals surface area (Å²) in [4.78, 5) is 63.1. The van der Waals surface area contributed by atoms with Gasteiger partial charge < -0.3 is 56.7 Å². The third-order valence-electron chi connectivity index (χ3n) is 12.7. The van der Waals surface area contributed by atoms with Gasteiger partial charge in [0, 0.05) is 88.4 Å². The van der Waals surface area contributed by atoms with Crippen LogP contribution in [0.15, 0.2) is 71.1 Å². The number of aliphatic hydroxyl groups is 1. The Hall–Kier alpha value is -6.28. The molecule has 1 heterocycles. The fourth-order valence-electron chi connectivity index (χ4n) is 7.96. The lowest BCUT2D eigenvalue weighted by molar-refractivity contribution is -0.156. The molecule has 0 spiro atoms. The van der Waals surface area contributed by atoms with Crippen molar-refractivity contribution in [1.29, 1.82) is 0 Å². The van der Waals surface area contributed by atoms with Crippen LogP contribution in [0.3, 0.4) is 0 Å². The second-order valence-corrected chi connectivity index (χ2v) is 18.3. The van der Waals surface area contributed by atoms with Gasteiger partial charge in [-0.25, -0.2) is 0 Å². The van der Waals surface area contributed by atoms with Crippen molar-refractivity contribution in [3.05, 3.63) is 83.3 Å². The fourth-order valence-corrected chi connectivity index (χ4v) is 7.96. The van der Waals surface area contributed by atoms with Gasteiger partial charge in [-0.3, -0.25) is 34.0 Å². The quantitative estimate of drug-likeness (QED) is 0.0215. The molecule has 2 aromatic rings. The molecule has 0 bridgehead atoms. The van der Waals surface area contributed by atoms with E-state index in [4.69, 9.17) is 24.2 Å². The molecule has 21 heteroatoms. The number of hydrogen-bond donors (Lipinski definition) is 6. The van der Waals surface area contributed by atoms with Crippen molar-refractivity contribution in [3.63, 3.8) is 0 Å². The zero-order valence-corrected chi connectivity index (χ0v) is 50.4. The average Bonchev–Trinajstić information content (AvgIpc) is 4.07. The number of aliphatic hydroxyl groups excluding tert-OH is 1. The molecule has 460 valence electrons. The number of amides is 4. The summed E-state index contributed by atoms with van der Waals surface area (Å²) < 4.78 is 42.7. The summed E-state index contributed by atoms with van der Waals surface area (Å²) in [6.07, 6.45) is 13.0. The third kappa shape index (κ3) is 42.3. The molecule has 0 aromatic heterocycles. The van der Waals surface area contributed by atoms with Crippen LogP contribution in [0, 0.1) is 24.7 Å². The number of methoxy groups -OCH3 is 1. The molecule has 2 fully saturated rings. The first kappa shape index (κ1) is 81.2. The van der Waals surface area contributed by atoms with Gasteiger partial charge >= 0.3 is 6.18 Å². The molecule has 2 atom stereocenters. The van der Waals surface area contributed by atoms with Crippen molar-refractivity contribution in [2.24, 2.45) is 27.4 Å².